The molecule has 0 spiro atoms. The molecule has 1 aliphatic heterocycles. The largest absolute Gasteiger partial charge is 0.504 e. The van der Waals surface area contributed by atoms with Gasteiger partial charge in [-0.2, -0.15) is 0 Å². The van der Waals surface area contributed by atoms with E-state index in [1.54, 1.807) is 26.4 Å². The summed E-state index contributed by atoms with van der Waals surface area (Å²) < 4.78 is 22.0. The van der Waals surface area contributed by atoms with Crippen molar-refractivity contribution in [3.05, 3.63) is 70.1 Å². The number of hydrogen-bond acceptors (Lipinski definition) is 8. The summed E-state index contributed by atoms with van der Waals surface area (Å²) >= 11 is 0. The molecule has 3 aromatic rings. The maximum absolute atomic E-state index is 13.7. The molecule has 0 bridgehead atoms. The van der Waals surface area contributed by atoms with E-state index >= 15 is 0 Å². The molecule has 8 heteroatoms. The maximum atomic E-state index is 13.7. The minimum atomic E-state index is -0.398. The maximum Gasteiger partial charge on any atom is 0.233 e. The molecule has 5 rings (SSSR count). The Balaban J connectivity index is 1.64. The first-order valence-corrected chi connectivity index (χ1v) is 11.0. The van der Waals surface area contributed by atoms with Gasteiger partial charge in [0.05, 0.1) is 38.5 Å². The van der Waals surface area contributed by atoms with Crippen molar-refractivity contribution in [1.29, 1.82) is 0 Å². The molecule has 2 heterocycles. The molecule has 1 aliphatic carbocycles. The van der Waals surface area contributed by atoms with Crippen molar-refractivity contribution in [2.24, 2.45) is 0 Å². The fourth-order valence-electron chi connectivity index (χ4n) is 5.03. The van der Waals surface area contributed by atoms with Crippen LogP contribution in [0, 0.1) is 6.92 Å². The Morgan fingerprint density at radius 2 is 1.82 bits per heavy atom. The van der Waals surface area contributed by atoms with Crippen LogP contribution in [0.4, 0.5) is 5.88 Å². The zero-order valence-corrected chi connectivity index (χ0v) is 19.5. The summed E-state index contributed by atoms with van der Waals surface area (Å²) in [6, 6.07) is 10.8. The molecule has 0 amide bonds. The van der Waals surface area contributed by atoms with Gasteiger partial charge in [-0.05, 0) is 55.2 Å². The molecular formula is C26H26N2O6. The first-order valence-electron chi connectivity index (χ1n) is 11.0. The lowest BCUT2D eigenvalue weighted by molar-refractivity contribution is -0.116. The number of nitrogens with zero attached hydrogens (tertiary/aromatic N) is 1. The van der Waals surface area contributed by atoms with Crippen molar-refractivity contribution in [2.45, 2.75) is 31.6 Å². The van der Waals surface area contributed by atoms with Crippen LogP contribution in [0.15, 0.2) is 52.2 Å². The zero-order valence-electron chi connectivity index (χ0n) is 19.5. The fraction of sp³-hybridized carbons (Fsp3) is 0.308. The third-order valence-corrected chi connectivity index (χ3v) is 6.68. The van der Waals surface area contributed by atoms with Crippen LogP contribution >= 0.6 is 0 Å². The second-order valence-electron chi connectivity index (χ2n) is 8.53. The van der Waals surface area contributed by atoms with Gasteiger partial charge in [0.25, 0.3) is 0 Å². The highest BCUT2D eigenvalue weighted by Crippen LogP contribution is 2.51. The topological polar surface area (TPSA) is 103 Å². The van der Waals surface area contributed by atoms with E-state index < -0.39 is 5.92 Å². The zero-order chi connectivity index (χ0) is 24.0. The average Bonchev–Trinajstić information content (AvgIpc) is 3.22. The molecular weight excluding hydrogens is 436 g/mol. The van der Waals surface area contributed by atoms with E-state index in [1.165, 1.54) is 7.11 Å². The summed E-state index contributed by atoms with van der Waals surface area (Å²) in [7, 11) is 4.73. The van der Waals surface area contributed by atoms with Crippen LogP contribution in [-0.2, 0) is 4.79 Å². The summed E-state index contributed by atoms with van der Waals surface area (Å²) in [5.41, 5.74) is 4.76. The molecule has 2 N–H and O–H groups in total. The molecule has 8 nitrogen and oxygen atoms in total. The Morgan fingerprint density at radius 3 is 2.56 bits per heavy atom. The molecule has 0 unspecified atom stereocenters. The van der Waals surface area contributed by atoms with Crippen LogP contribution < -0.4 is 19.5 Å². The van der Waals surface area contributed by atoms with Gasteiger partial charge in [-0.1, -0.05) is 11.2 Å². The molecule has 1 aromatic heterocycles. The Labute approximate surface area is 197 Å². The first-order chi connectivity index (χ1) is 16.4. The minimum absolute atomic E-state index is 0.0342. The number of aryl methyl sites for hydroxylation is 1. The number of fused-ring (bicyclic) bond motifs is 1. The van der Waals surface area contributed by atoms with E-state index in [2.05, 4.69) is 10.5 Å². The molecule has 34 heavy (non-hydrogen) atoms. The molecule has 0 saturated carbocycles. The number of nitrogens with one attached hydrogen (secondary N) is 1. The normalized spacial score (nSPS) is 19.2. The van der Waals surface area contributed by atoms with Crippen LogP contribution in [0.1, 0.15) is 47.1 Å². The monoisotopic (exact) mass is 462 g/mol. The van der Waals surface area contributed by atoms with Gasteiger partial charge in [-0.15, -0.1) is 0 Å². The number of hydrogen-bond donors (Lipinski definition) is 2. The third-order valence-electron chi connectivity index (χ3n) is 6.68. The van der Waals surface area contributed by atoms with Crippen molar-refractivity contribution in [3.63, 3.8) is 0 Å². The highest BCUT2D eigenvalue weighted by Gasteiger charge is 2.42. The number of methoxy groups -OCH3 is 3. The first kappa shape index (κ1) is 21.9. The minimum Gasteiger partial charge on any atom is -0.504 e. The number of Topliss-reactive ketones (excluding diaryl/α,β-unsaturated/α-hetero) is 1. The quantitative estimate of drug-likeness (QED) is 0.564. The van der Waals surface area contributed by atoms with Crippen LogP contribution in [0.25, 0.3) is 0 Å². The lowest BCUT2D eigenvalue weighted by Gasteiger charge is -2.35. The Hall–Kier alpha value is -3.94. The van der Waals surface area contributed by atoms with Gasteiger partial charge >= 0.3 is 0 Å². The van der Waals surface area contributed by atoms with Crippen LogP contribution in [-0.4, -0.2) is 37.4 Å². The molecule has 0 radical (unpaired) electrons. The molecule has 0 fully saturated rings. The van der Waals surface area contributed by atoms with Crippen molar-refractivity contribution in [2.75, 3.05) is 26.6 Å². The molecule has 2 aliphatic rings. The van der Waals surface area contributed by atoms with Gasteiger partial charge in [0, 0.05) is 23.3 Å². The number of aromatic hydroxyl groups is 1. The van der Waals surface area contributed by atoms with E-state index in [1.807, 2.05) is 31.2 Å². The number of ketones is 1. The number of phenolic OH excluding ortho intramolecular Hbond substituents is 1. The van der Waals surface area contributed by atoms with Gasteiger partial charge in [-0.3, -0.25) is 4.79 Å². The van der Waals surface area contributed by atoms with Gasteiger partial charge in [0.2, 0.25) is 5.88 Å². The number of aromatic nitrogens is 1. The number of ether oxygens (including phenoxy) is 3. The van der Waals surface area contributed by atoms with E-state index in [9.17, 15) is 9.90 Å². The van der Waals surface area contributed by atoms with E-state index in [-0.39, 0.29) is 17.5 Å². The second-order valence-corrected chi connectivity index (χ2v) is 8.53. The van der Waals surface area contributed by atoms with Crippen LogP contribution in [0.3, 0.4) is 0 Å². The predicted octanol–water partition coefficient (Wildman–Crippen LogP) is 4.67. The molecule has 176 valence electrons. The van der Waals surface area contributed by atoms with Gasteiger partial charge in [-0.25, -0.2) is 0 Å². The Morgan fingerprint density at radius 1 is 1.03 bits per heavy atom. The van der Waals surface area contributed by atoms with Crippen molar-refractivity contribution >= 4 is 11.7 Å². The number of carbonyl (C=O) groups is 1. The molecule has 0 saturated heterocycles. The highest BCUT2D eigenvalue weighted by molar-refractivity contribution is 6.01. The highest BCUT2D eigenvalue weighted by atomic mass is 16.5. The smallest absolute Gasteiger partial charge is 0.233 e. The second kappa shape index (κ2) is 8.44. The van der Waals surface area contributed by atoms with Crippen molar-refractivity contribution in [1.82, 2.24) is 5.16 Å². The number of phenols is 1. The van der Waals surface area contributed by atoms with Crippen molar-refractivity contribution in [3.8, 4) is 23.0 Å². The number of allylic oxidation sites excluding steroid dienone is 2. The number of rotatable bonds is 5. The summed E-state index contributed by atoms with van der Waals surface area (Å²) in [4.78, 5) is 13.7. The summed E-state index contributed by atoms with van der Waals surface area (Å²) in [5.74, 6) is 1.87. The van der Waals surface area contributed by atoms with E-state index in [0.717, 1.165) is 22.4 Å². The van der Waals surface area contributed by atoms with Crippen LogP contribution in [0.2, 0.25) is 0 Å². The van der Waals surface area contributed by atoms with Gasteiger partial charge in [0.15, 0.2) is 17.3 Å². The number of anilines is 1. The standard InChI is InChI=1S/C26H26N2O6/c1-13-23-24(17-12-16(31-2)6-8-21(17)32-3)25-18(27-26(23)34-28-13)9-15(10-20(25)30)14-5-7-19(29)22(11-14)33-4/h5-8,11-12,15,24,27,29H,9-10H2,1-4H3/t15-,24-/m1/s1. The van der Waals surface area contributed by atoms with E-state index in [4.69, 9.17) is 18.7 Å². The lowest BCUT2D eigenvalue weighted by atomic mass is 9.72. The lowest BCUT2D eigenvalue weighted by Crippen LogP contribution is -2.29. The van der Waals surface area contributed by atoms with E-state index in [0.29, 0.717) is 47.2 Å². The number of carbonyl (C=O) groups excluding carboxylic acids is 1. The molecule has 2 aromatic carbocycles. The molecule has 2 atom stereocenters. The fourth-order valence-corrected chi connectivity index (χ4v) is 5.03. The van der Waals surface area contributed by atoms with Gasteiger partial charge in [0.1, 0.15) is 11.5 Å². The van der Waals surface area contributed by atoms with Crippen molar-refractivity contribution < 1.29 is 28.6 Å². The predicted molar refractivity (Wildman–Crippen MR) is 125 cm³/mol. The average molecular weight is 463 g/mol. The van der Waals surface area contributed by atoms with Crippen LogP contribution in [0.5, 0.6) is 23.0 Å². The third kappa shape index (κ3) is 3.46. The Bertz CT molecular complexity index is 1310. The summed E-state index contributed by atoms with van der Waals surface area (Å²) in [6.07, 6.45) is 0.924. The SMILES string of the molecule is COc1ccc(OC)c([C@H]2C3=C(C[C@@H](c4ccc(O)c(OC)c4)CC3=O)Nc3onc(C)c32)c1. The summed E-state index contributed by atoms with van der Waals surface area (Å²) in [6.45, 7) is 1.87. The number of benzene rings is 2. The summed E-state index contributed by atoms with van der Waals surface area (Å²) in [5, 5.41) is 17.5. The van der Waals surface area contributed by atoms with Gasteiger partial charge < -0.3 is 29.2 Å². The Kier molecular flexibility index (Phi) is 5.43.